The van der Waals surface area contributed by atoms with Crippen LogP contribution in [-0.4, -0.2) is 56.0 Å². The van der Waals surface area contributed by atoms with Gasteiger partial charge in [-0.1, -0.05) is 6.92 Å². The molecule has 0 amide bonds. The van der Waals surface area contributed by atoms with Gasteiger partial charge in [0.1, 0.15) is 0 Å². The summed E-state index contributed by atoms with van der Waals surface area (Å²) in [7, 11) is 0. The number of likely N-dealkylation sites (N-methyl/N-ethyl adjacent to an activating group) is 1. The van der Waals surface area contributed by atoms with Gasteiger partial charge in [-0.3, -0.25) is 4.90 Å². The van der Waals surface area contributed by atoms with Gasteiger partial charge in [0.2, 0.25) is 0 Å². The Labute approximate surface area is 88.8 Å². The first-order chi connectivity index (χ1) is 6.93. The maximum Gasteiger partial charge on any atom is 0.506 e. The lowest BCUT2D eigenvalue weighted by atomic mass is 9.80. The molecule has 2 nitrogen and oxygen atoms in total. The Hall–Kier alpha value is -0.485. The van der Waals surface area contributed by atoms with Crippen LogP contribution in [0.3, 0.4) is 0 Å². The number of hydrogen-bond acceptors (Lipinski definition) is 2. The van der Waals surface area contributed by atoms with Gasteiger partial charge >= 0.3 is 6.98 Å². The molecule has 1 aliphatic rings. The monoisotopic (exact) mass is 221 g/mol. The Kier molecular flexibility index (Phi) is 4.22. The van der Waals surface area contributed by atoms with E-state index in [0.29, 0.717) is 13.1 Å². The Morgan fingerprint density at radius 3 is 2.00 bits per heavy atom. The topological polar surface area (TPSA) is 6.48 Å². The van der Waals surface area contributed by atoms with Crippen molar-refractivity contribution in [2.24, 2.45) is 0 Å². The van der Waals surface area contributed by atoms with Gasteiger partial charge in [0.05, 0.1) is 0 Å². The summed E-state index contributed by atoms with van der Waals surface area (Å²) in [6, 6.07) is 0. The number of nitrogens with zero attached hydrogens (tertiary/aromatic N) is 2. The minimum atomic E-state index is -4.87. The van der Waals surface area contributed by atoms with Crippen molar-refractivity contribution < 1.29 is 12.9 Å². The molecular weight excluding hydrogens is 204 g/mol. The fourth-order valence-electron chi connectivity index (χ4n) is 1.65. The largest absolute Gasteiger partial charge is 0.506 e. The maximum atomic E-state index is 12.3. The van der Waals surface area contributed by atoms with Gasteiger partial charge in [-0.05, 0) is 13.1 Å². The minimum absolute atomic E-state index is 0.0267. The Morgan fingerprint density at radius 2 is 1.60 bits per heavy atom. The fraction of sp³-hybridized carbons (Fsp3) is 0.778. The molecule has 0 spiro atoms. The lowest BCUT2D eigenvalue weighted by Crippen LogP contribution is -2.47. The molecule has 1 fully saturated rings. The predicted molar refractivity (Wildman–Crippen MR) is 56.8 cm³/mol. The fourth-order valence-corrected chi connectivity index (χ4v) is 1.65. The summed E-state index contributed by atoms with van der Waals surface area (Å²) in [6.07, 6.45) is 0. The molecule has 1 aliphatic heterocycles. The zero-order valence-electron chi connectivity index (χ0n) is 9.06. The van der Waals surface area contributed by atoms with Crippen molar-refractivity contribution in [1.29, 1.82) is 0 Å². The van der Waals surface area contributed by atoms with E-state index in [4.69, 9.17) is 0 Å². The van der Waals surface area contributed by atoms with Crippen LogP contribution in [0.5, 0.6) is 0 Å². The molecule has 0 unspecified atom stereocenters. The Bertz CT molecular complexity index is 222. The molecule has 0 N–H and O–H groups in total. The minimum Gasteiger partial charge on any atom is -0.445 e. The van der Waals surface area contributed by atoms with Crippen LogP contribution >= 0.6 is 0 Å². The van der Waals surface area contributed by atoms with E-state index in [-0.39, 0.29) is 6.54 Å². The normalized spacial score (nSPS) is 20.5. The summed E-state index contributed by atoms with van der Waals surface area (Å²) in [5.41, 5.74) is -0.583. The second-order valence-electron chi connectivity index (χ2n) is 3.94. The molecule has 0 atom stereocenters. The van der Waals surface area contributed by atoms with E-state index >= 15 is 0 Å². The molecule has 1 heterocycles. The molecule has 15 heavy (non-hydrogen) atoms. The quantitative estimate of drug-likeness (QED) is 0.665. The summed E-state index contributed by atoms with van der Waals surface area (Å²) in [6.45, 7) is 4.37. The molecule has 88 valence electrons. The van der Waals surface area contributed by atoms with E-state index in [1.165, 1.54) is 0 Å². The first-order valence-corrected chi connectivity index (χ1v) is 5.25. The van der Waals surface area contributed by atoms with E-state index in [1.54, 1.807) is 0 Å². The van der Waals surface area contributed by atoms with Crippen molar-refractivity contribution in [3.05, 3.63) is 12.1 Å². The van der Waals surface area contributed by atoms with E-state index in [1.807, 2.05) is 4.90 Å². The molecule has 0 aliphatic carbocycles. The molecule has 1 saturated heterocycles. The molecule has 0 aromatic heterocycles. The van der Waals surface area contributed by atoms with E-state index in [2.05, 4.69) is 18.4 Å². The summed E-state index contributed by atoms with van der Waals surface area (Å²) < 4.78 is 36.8. The summed E-state index contributed by atoms with van der Waals surface area (Å²) in [5, 5.41) is 0. The molecule has 0 saturated carbocycles. The van der Waals surface area contributed by atoms with Crippen LogP contribution < -0.4 is 0 Å². The highest BCUT2D eigenvalue weighted by molar-refractivity contribution is 6.66. The van der Waals surface area contributed by atoms with Crippen LogP contribution in [0.1, 0.15) is 6.92 Å². The van der Waals surface area contributed by atoms with Gasteiger partial charge < -0.3 is 17.8 Å². The average molecular weight is 221 g/mol. The van der Waals surface area contributed by atoms with Gasteiger partial charge in [0.25, 0.3) is 0 Å². The number of piperazine rings is 1. The Morgan fingerprint density at radius 1 is 1.13 bits per heavy atom. The van der Waals surface area contributed by atoms with Crippen molar-refractivity contribution in [2.45, 2.75) is 6.92 Å². The molecule has 0 radical (unpaired) electrons. The molecule has 0 aromatic carbocycles. The van der Waals surface area contributed by atoms with Crippen LogP contribution in [0.2, 0.25) is 0 Å². The summed E-state index contributed by atoms with van der Waals surface area (Å²) >= 11 is 0. The second kappa shape index (κ2) is 5.03. The third kappa shape index (κ3) is 3.87. The molecule has 6 heteroatoms. The van der Waals surface area contributed by atoms with Gasteiger partial charge in [0.15, 0.2) is 0 Å². The van der Waals surface area contributed by atoms with Crippen molar-refractivity contribution in [2.75, 3.05) is 39.3 Å². The van der Waals surface area contributed by atoms with Crippen LogP contribution in [0.4, 0.5) is 12.9 Å². The van der Waals surface area contributed by atoms with E-state index in [9.17, 15) is 12.9 Å². The molecular formula is C9H17BF3N2-. The van der Waals surface area contributed by atoms with Crippen molar-refractivity contribution >= 4 is 6.98 Å². The van der Waals surface area contributed by atoms with Gasteiger partial charge in [0, 0.05) is 26.2 Å². The van der Waals surface area contributed by atoms with Crippen LogP contribution in [0.15, 0.2) is 12.1 Å². The van der Waals surface area contributed by atoms with E-state index in [0.717, 1.165) is 19.6 Å². The molecule has 0 bridgehead atoms. The summed E-state index contributed by atoms with van der Waals surface area (Å²) in [4.78, 5) is 4.06. The number of hydrogen-bond donors (Lipinski definition) is 0. The third-order valence-electron chi connectivity index (χ3n) is 2.80. The maximum absolute atomic E-state index is 12.3. The Balaban J connectivity index is 2.33. The van der Waals surface area contributed by atoms with Crippen molar-refractivity contribution in [3.8, 4) is 0 Å². The number of rotatable bonds is 4. The lowest BCUT2D eigenvalue weighted by molar-refractivity contribution is 0.146. The zero-order chi connectivity index (χ0) is 11.5. The lowest BCUT2D eigenvalue weighted by Gasteiger charge is -2.35. The predicted octanol–water partition coefficient (Wildman–Crippen LogP) is 1.57. The van der Waals surface area contributed by atoms with Gasteiger partial charge in [-0.15, -0.1) is 12.1 Å². The van der Waals surface area contributed by atoms with Crippen molar-refractivity contribution in [1.82, 2.24) is 9.80 Å². The van der Waals surface area contributed by atoms with Crippen LogP contribution in [-0.2, 0) is 0 Å². The highest BCUT2D eigenvalue weighted by atomic mass is 19.4. The van der Waals surface area contributed by atoms with E-state index < -0.39 is 12.4 Å². The number of halogens is 3. The van der Waals surface area contributed by atoms with Crippen LogP contribution in [0.25, 0.3) is 0 Å². The first kappa shape index (κ1) is 12.6. The smallest absolute Gasteiger partial charge is 0.445 e. The third-order valence-corrected chi connectivity index (χ3v) is 2.80. The van der Waals surface area contributed by atoms with Gasteiger partial charge in [-0.25, -0.2) is 0 Å². The standard InChI is InChI=1S/C9H17BF3N2/c1-3-14-4-6-15(7-5-14)8-9(2)10(11,12)13/h2-8H2,1H3/q-1. The highest BCUT2D eigenvalue weighted by Crippen LogP contribution is 2.19. The molecule has 0 aromatic rings. The zero-order valence-corrected chi connectivity index (χ0v) is 9.06. The van der Waals surface area contributed by atoms with Gasteiger partial charge in [-0.2, -0.15) is 0 Å². The highest BCUT2D eigenvalue weighted by Gasteiger charge is 2.28. The SMILES string of the molecule is C=C(CN1CCN(CC)CC1)[B-](F)(F)F. The second-order valence-corrected chi connectivity index (χ2v) is 3.94. The molecule has 1 rings (SSSR count). The summed E-state index contributed by atoms with van der Waals surface area (Å²) in [5.74, 6) is 0. The average Bonchev–Trinajstić information content (AvgIpc) is 2.17. The first-order valence-electron chi connectivity index (χ1n) is 5.25. The van der Waals surface area contributed by atoms with Crippen molar-refractivity contribution in [3.63, 3.8) is 0 Å². The van der Waals surface area contributed by atoms with Crippen LogP contribution in [0, 0.1) is 0 Å².